The maximum absolute atomic E-state index is 11.9. The molecule has 1 aromatic heterocycles. The number of hydrogen-bond acceptors (Lipinski definition) is 4. The van der Waals surface area contributed by atoms with E-state index in [-0.39, 0.29) is 17.3 Å². The van der Waals surface area contributed by atoms with E-state index in [2.05, 4.69) is 31.2 Å². The number of methoxy groups -OCH3 is 1. The Morgan fingerprint density at radius 1 is 1.32 bits per heavy atom. The van der Waals surface area contributed by atoms with Gasteiger partial charge >= 0.3 is 0 Å². The van der Waals surface area contributed by atoms with E-state index in [9.17, 15) is 9.90 Å². The molecule has 0 saturated carbocycles. The van der Waals surface area contributed by atoms with Crippen LogP contribution in [0.5, 0.6) is 5.95 Å². The van der Waals surface area contributed by atoms with E-state index >= 15 is 0 Å². The van der Waals surface area contributed by atoms with Crippen molar-refractivity contribution in [3.8, 4) is 5.95 Å². The number of allylic oxidation sites excluding steroid dienone is 6. The van der Waals surface area contributed by atoms with Gasteiger partial charge in [-0.25, -0.2) is 0 Å². The first-order chi connectivity index (χ1) is 13.2. The minimum atomic E-state index is -0.448. The third kappa shape index (κ3) is 7.35. The smallest absolute Gasteiger partial charge is 0.288 e. The van der Waals surface area contributed by atoms with Crippen LogP contribution >= 0.6 is 0 Å². The Balaban J connectivity index is 2.71. The van der Waals surface area contributed by atoms with Crippen LogP contribution in [-0.2, 0) is 6.42 Å². The van der Waals surface area contributed by atoms with Gasteiger partial charge in [-0.2, -0.15) is 0 Å². The molecule has 2 atom stereocenters. The highest BCUT2D eigenvalue weighted by molar-refractivity contribution is 5.24. The van der Waals surface area contributed by atoms with Crippen molar-refractivity contribution in [3.05, 3.63) is 74.7 Å². The van der Waals surface area contributed by atoms with Gasteiger partial charge in [0.15, 0.2) is 5.43 Å². The predicted molar refractivity (Wildman–Crippen MR) is 116 cm³/mol. The number of ether oxygens (including phenoxy) is 1. The maximum Gasteiger partial charge on any atom is 0.288 e. The average molecular weight is 387 g/mol. The van der Waals surface area contributed by atoms with Crippen LogP contribution in [0, 0.1) is 12.8 Å². The fourth-order valence-electron chi connectivity index (χ4n) is 2.80. The summed E-state index contributed by atoms with van der Waals surface area (Å²) in [6.45, 7) is 11.8. The molecule has 0 amide bonds. The summed E-state index contributed by atoms with van der Waals surface area (Å²) in [5.74, 6) is 0.934. The van der Waals surface area contributed by atoms with E-state index in [4.69, 9.17) is 9.15 Å². The Morgan fingerprint density at radius 2 is 2.00 bits per heavy atom. The zero-order valence-electron chi connectivity index (χ0n) is 18.2. The molecule has 4 nitrogen and oxygen atoms in total. The lowest BCUT2D eigenvalue weighted by Crippen LogP contribution is -2.17. The number of rotatable bonds is 9. The highest BCUT2D eigenvalue weighted by atomic mass is 16.6. The largest absolute Gasteiger partial charge is 0.468 e. The Bertz CT molecular complexity index is 821. The molecule has 0 radical (unpaired) electrons. The van der Waals surface area contributed by atoms with E-state index in [0.717, 1.165) is 17.6 Å². The van der Waals surface area contributed by atoms with E-state index in [1.807, 2.05) is 33.8 Å². The lowest BCUT2D eigenvalue weighted by molar-refractivity contribution is 0.173. The summed E-state index contributed by atoms with van der Waals surface area (Å²) in [5.41, 5.74) is 3.83. The summed E-state index contributed by atoms with van der Waals surface area (Å²) in [4.78, 5) is 11.9. The van der Waals surface area contributed by atoms with Crippen molar-refractivity contribution < 1.29 is 14.3 Å². The molecular weight excluding hydrogens is 352 g/mol. The van der Waals surface area contributed by atoms with Crippen LogP contribution in [0.1, 0.15) is 52.4 Å². The molecule has 1 rings (SSSR count). The molecule has 1 aromatic rings. The Morgan fingerprint density at radius 3 is 2.61 bits per heavy atom. The SMILES string of the molecule is C/C=C(/C)[C@@H](O)[C@H](C)/C=C(C)\C=C/C/C(C)=C/Cc1oc(OC)cc(=O)c1C. The molecule has 1 heterocycles. The molecule has 4 heteroatoms. The molecule has 0 aromatic carbocycles. The van der Waals surface area contributed by atoms with Crippen LogP contribution in [-0.4, -0.2) is 18.3 Å². The zero-order valence-corrected chi connectivity index (χ0v) is 18.2. The van der Waals surface area contributed by atoms with Gasteiger partial charge in [-0.15, -0.1) is 0 Å². The van der Waals surface area contributed by atoms with Crippen LogP contribution in [0.2, 0.25) is 0 Å². The lowest BCUT2D eigenvalue weighted by Gasteiger charge is -2.16. The van der Waals surface area contributed by atoms with Crippen molar-refractivity contribution in [1.82, 2.24) is 0 Å². The van der Waals surface area contributed by atoms with Crippen molar-refractivity contribution in [2.24, 2.45) is 5.92 Å². The van der Waals surface area contributed by atoms with Crippen molar-refractivity contribution in [2.45, 2.75) is 60.5 Å². The molecule has 0 aliphatic heterocycles. The standard InChI is InChI=1S/C24H34O4/c1-8-18(4)24(26)19(5)14-17(3)11-9-10-16(2)12-13-22-20(6)21(25)15-23(27-7)28-22/h8-9,11-12,14-15,19,24,26H,10,13H2,1-7H3/b11-9-,16-12+,17-14-,18-8-/t19-,24-/m1/s1. The zero-order chi connectivity index (χ0) is 21.3. The van der Waals surface area contributed by atoms with Gasteiger partial charge in [0.05, 0.1) is 19.3 Å². The van der Waals surface area contributed by atoms with Gasteiger partial charge in [-0.1, -0.05) is 48.5 Å². The van der Waals surface area contributed by atoms with Crippen LogP contribution in [0.3, 0.4) is 0 Å². The van der Waals surface area contributed by atoms with Gasteiger partial charge < -0.3 is 14.3 Å². The fraction of sp³-hybridized carbons (Fsp3) is 0.458. The Hall–Kier alpha value is -2.33. The topological polar surface area (TPSA) is 59.7 Å². The average Bonchev–Trinajstić information content (AvgIpc) is 2.67. The van der Waals surface area contributed by atoms with Gasteiger partial charge in [-0.3, -0.25) is 4.79 Å². The first kappa shape index (κ1) is 23.7. The third-order valence-electron chi connectivity index (χ3n) is 4.86. The molecule has 0 aliphatic rings. The number of hydrogen-bond donors (Lipinski definition) is 1. The molecule has 0 unspecified atom stereocenters. The summed E-state index contributed by atoms with van der Waals surface area (Å²) in [5, 5.41) is 10.2. The molecule has 154 valence electrons. The molecule has 0 spiro atoms. The van der Waals surface area contributed by atoms with E-state index in [1.165, 1.54) is 18.7 Å². The summed E-state index contributed by atoms with van der Waals surface area (Å²) in [6.07, 6.45) is 11.2. The Labute approximate surface area is 168 Å². The summed E-state index contributed by atoms with van der Waals surface area (Å²) in [7, 11) is 1.48. The molecule has 0 fully saturated rings. The van der Waals surface area contributed by atoms with Crippen LogP contribution in [0.4, 0.5) is 0 Å². The van der Waals surface area contributed by atoms with E-state index in [0.29, 0.717) is 17.7 Å². The van der Waals surface area contributed by atoms with Crippen LogP contribution in [0.25, 0.3) is 0 Å². The lowest BCUT2D eigenvalue weighted by atomic mass is 9.96. The second kappa shape index (κ2) is 11.5. The molecule has 1 N–H and O–H groups in total. The first-order valence-electron chi connectivity index (χ1n) is 9.68. The normalized spacial score (nSPS) is 15.8. The number of aliphatic hydroxyl groups is 1. The number of aliphatic hydroxyl groups excluding tert-OH is 1. The van der Waals surface area contributed by atoms with Crippen LogP contribution < -0.4 is 10.2 Å². The molecule has 0 bridgehead atoms. The van der Waals surface area contributed by atoms with Gasteiger partial charge in [0, 0.05) is 17.9 Å². The van der Waals surface area contributed by atoms with Crippen molar-refractivity contribution in [3.63, 3.8) is 0 Å². The quantitative estimate of drug-likeness (QED) is 0.462. The first-order valence-corrected chi connectivity index (χ1v) is 9.68. The van der Waals surface area contributed by atoms with Gasteiger partial charge in [0.1, 0.15) is 5.76 Å². The van der Waals surface area contributed by atoms with E-state index in [1.54, 1.807) is 6.92 Å². The second-order valence-electron chi connectivity index (χ2n) is 7.29. The second-order valence-corrected chi connectivity index (χ2v) is 7.29. The van der Waals surface area contributed by atoms with Crippen molar-refractivity contribution >= 4 is 0 Å². The van der Waals surface area contributed by atoms with Gasteiger partial charge in [0.2, 0.25) is 0 Å². The van der Waals surface area contributed by atoms with Crippen LogP contribution in [0.15, 0.2) is 62.4 Å². The van der Waals surface area contributed by atoms with Crippen molar-refractivity contribution in [2.75, 3.05) is 7.11 Å². The van der Waals surface area contributed by atoms with Gasteiger partial charge in [0.25, 0.3) is 5.95 Å². The Kier molecular flexibility index (Phi) is 9.74. The summed E-state index contributed by atoms with van der Waals surface area (Å²) >= 11 is 0. The van der Waals surface area contributed by atoms with Crippen molar-refractivity contribution in [1.29, 1.82) is 0 Å². The van der Waals surface area contributed by atoms with Gasteiger partial charge in [-0.05, 0) is 46.6 Å². The molecule has 28 heavy (non-hydrogen) atoms. The maximum atomic E-state index is 11.9. The highest BCUT2D eigenvalue weighted by Crippen LogP contribution is 2.17. The third-order valence-corrected chi connectivity index (χ3v) is 4.86. The summed E-state index contributed by atoms with van der Waals surface area (Å²) < 4.78 is 10.6. The molecular formula is C24H34O4. The minimum Gasteiger partial charge on any atom is -0.468 e. The van der Waals surface area contributed by atoms with E-state index < -0.39 is 6.10 Å². The minimum absolute atomic E-state index is 0.0661. The monoisotopic (exact) mass is 386 g/mol. The molecule has 0 saturated heterocycles. The highest BCUT2D eigenvalue weighted by Gasteiger charge is 2.12. The fourth-order valence-corrected chi connectivity index (χ4v) is 2.80. The predicted octanol–water partition coefficient (Wildman–Crippen LogP) is 5.30. The summed E-state index contributed by atoms with van der Waals surface area (Å²) in [6, 6.07) is 1.36. The molecule has 0 aliphatic carbocycles.